The van der Waals surface area contributed by atoms with Gasteiger partial charge in [0.1, 0.15) is 25.7 Å². The maximum Gasteiger partial charge on any atom is 0.117 e. The molecule has 1 rings (SSSR count). The summed E-state index contributed by atoms with van der Waals surface area (Å²) in [5.41, 5.74) is 0. The second-order valence-electron chi connectivity index (χ2n) is 2.32. The Morgan fingerprint density at radius 2 is 1.60 bits per heavy atom. The zero-order valence-corrected chi connectivity index (χ0v) is 6.25. The molecule has 0 fully saturated rings. The Kier molecular flexibility index (Phi) is 3.09. The Morgan fingerprint density at radius 3 is 2.10 bits per heavy atom. The summed E-state index contributed by atoms with van der Waals surface area (Å²) >= 11 is 0. The van der Waals surface area contributed by atoms with Gasteiger partial charge in [0.15, 0.2) is 0 Å². The fraction of sp³-hybridized carbons (Fsp3) is 0.714. The predicted molar refractivity (Wildman–Crippen MR) is 38.5 cm³/mol. The zero-order valence-electron chi connectivity index (χ0n) is 6.25. The van der Waals surface area contributed by atoms with Crippen LogP contribution in [0, 0.1) is 0 Å². The number of hydrogen-bond acceptors (Lipinski definition) is 3. The van der Waals surface area contributed by atoms with E-state index in [4.69, 9.17) is 9.47 Å². The summed E-state index contributed by atoms with van der Waals surface area (Å²) in [7, 11) is 2.05. The molecule has 0 spiro atoms. The average Bonchev–Trinajstić information content (AvgIpc) is 2.02. The van der Waals surface area contributed by atoms with E-state index >= 15 is 0 Å². The van der Waals surface area contributed by atoms with Gasteiger partial charge in [-0.1, -0.05) is 0 Å². The van der Waals surface area contributed by atoms with Crippen LogP contribution >= 0.6 is 0 Å². The van der Waals surface area contributed by atoms with Gasteiger partial charge in [0.25, 0.3) is 0 Å². The van der Waals surface area contributed by atoms with E-state index in [0.717, 1.165) is 26.3 Å². The number of ether oxygens (including phenoxy) is 2. The van der Waals surface area contributed by atoms with E-state index in [9.17, 15) is 0 Å². The fourth-order valence-electron chi connectivity index (χ4n) is 0.744. The highest BCUT2D eigenvalue weighted by molar-refractivity contribution is 4.64. The van der Waals surface area contributed by atoms with Crippen molar-refractivity contribution in [2.45, 2.75) is 0 Å². The van der Waals surface area contributed by atoms with Crippen LogP contribution in [0.25, 0.3) is 0 Å². The summed E-state index contributed by atoms with van der Waals surface area (Å²) in [6.07, 6.45) is 3.19. The number of nitrogens with zero attached hydrogens (tertiary/aromatic N) is 1. The highest BCUT2D eigenvalue weighted by Crippen LogP contribution is 1.89. The minimum absolute atomic E-state index is 0.746. The first kappa shape index (κ1) is 7.41. The molecule has 58 valence electrons. The number of rotatable bonds is 0. The molecule has 3 heteroatoms. The summed E-state index contributed by atoms with van der Waals surface area (Å²) in [5, 5.41) is 0. The van der Waals surface area contributed by atoms with Gasteiger partial charge in [0, 0.05) is 13.1 Å². The maximum atomic E-state index is 5.08. The number of hydrogen-bond donors (Lipinski definition) is 0. The average molecular weight is 143 g/mol. The Bertz CT molecular complexity index is 102. The molecule has 0 unspecified atom stereocenters. The summed E-state index contributed by atoms with van der Waals surface area (Å²) in [6.45, 7) is 3.42. The normalized spacial score (nSPS) is 24.9. The largest absolute Gasteiger partial charge is 0.497 e. The minimum Gasteiger partial charge on any atom is -0.497 e. The molecule has 10 heavy (non-hydrogen) atoms. The molecule has 0 atom stereocenters. The van der Waals surface area contributed by atoms with Crippen molar-refractivity contribution in [1.82, 2.24) is 4.90 Å². The Labute approximate surface area is 61.2 Å². The summed E-state index contributed by atoms with van der Waals surface area (Å²) in [4.78, 5) is 2.17. The van der Waals surface area contributed by atoms with Crippen molar-refractivity contribution < 1.29 is 9.47 Å². The van der Waals surface area contributed by atoms with Crippen molar-refractivity contribution in [1.29, 1.82) is 0 Å². The predicted octanol–water partition coefficient (Wildman–Crippen LogP) is 0.436. The van der Waals surface area contributed by atoms with Crippen molar-refractivity contribution in [2.75, 3.05) is 33.4 Å². The lowest BCUT2D eigenvalue weighted by molar-refractivity contribution is 0.189. The summed E-state index contributed by atoms with van der Waals surface area (Å²) < 4.78 is 10.2. The Morgan fingerprint density at radius 1 is 1.10 bits per heavy atom. The van der Waals surface area contributed by atoms with E-state index < -0.39 is 0 Å². The molecule has 0 bridgehead atoms. The van der Waals surface area contributed by atoms with Crippen LogP contribution in [-0.2, 0) is 9.47 Å². The van der Waals surface area contributed by atoms with Crippen LogP contribution < -0.4 is 0 Å². The first-order chi connectivity index (χ1) is 4.89. The molecule has 3 nitrogen and oxygen atoms in total. The van der Waals surface area contributed by atoms with Crippen LogP contribution in [0.15, 0.2) is 12.5 Å². The van der Waals surface area contributed by atoms with E-state index in [1.54, 1.807) is 12.5 Å². The van der Waals surface area contributed by atoms with Crippen LogP contribution in [0.1, 0.15) is 0 Å². The molecule has 1 aliphatic heterocycles. The molecule has 0 radical (unpaired) electrons. The van der Waals surface area contributed by atoms with Crippen molar-refractivity contribution in [3.8, 4) is 0 Å². The second kappa shape index (κ2) is 4.17. The van der Waals surface area contributed by atoms with Crippen molar-refractivity contribution in [3.63, 3.8) is 0 Å². The van der Waals surface area contributed by atoms with Crippen molar-refractivity contribution in [2.24, 2.45) is 0 Å². The Hall–Kier alpha value is -0.700. The first-order valence-corrected chi connectivity index (χ1v) is 3.46. The lowest BCUT2D eigenvalue weighted by Crippen LogP contribution is -2.25. The number of likely N-dealkylation sites (N-methyl/N-ethyl adjacent to an activating group) is 1. The highest BCUT2D eigenvalue weighted by atomic mass is 16.5. The van der Waals surface area contributed by atoms with E-state index in [2.05, 4.69) is 11.9 Å². The van der Waals surface area contributed by atoms with Gasteiger partial charge in [-0.2, -0.15) is 0 Å². The van der Waals surface area contributed by atoms with Gasteiger partial charge < -0.3 is 9.47 Å². The molecule has 0 aromatic carbocycles. The minimum atomic E-state index is 0.746. The second-order valence-corrected chi connectivity index (χ2v) is 2.32. The molecule has 0 saturated heterocycles. The molecule has 0 aromatic rings. The molecular formula is C7H13NO2. The van der Waals surface area contributed by atoms with Crippen molar-refractivity contribution >= 4 is 0 Å². The smallest absolute Gasteiger partial charge is 0.117 e. The molecular weight excluding hydrogens is 130 g/mol. The molecule has 0 aliphatic carbocycles. The van der Waals surface area contributed by atoms with Crippen LogP contribution in [0.4, 0.5) is 0 Å². The van der Waals surface area contributed by atoms with Crippen LogP contribution in [0.3, 0.4) is 0 Å². The fourth-order valence-corrected chi connectivity index (χ4v) is 0.744. The molecule has 0 amide bonds. The van der Waals surface area contributed by atoms with Crippen LogP contribution in [0.2, 0.25) is 0 Å². The lowest BCUT2D eigenvalue weighted by atomic mass is 10.5. The van der Waals surface area contributed by atoms with E-state index in [1.807, 2.05) is 0 Å². The van der Waals surface area contributed by atoms with Crippen LogP contribution in [-0.4, -0.2) is 38.3 Å². The summed E-state index contributed by atoms with van der Waals surface area (Å²) in [6, 6.07) is 0. The molecule has 1 aliphatic rings. The highest BCUT2D eigenvalue weighted by Gasteiger charge is 1.98. The van der Waals surface area contributed by atoms with Gasteiger partial charge in [-0.05, 0) is 7.05 Å². The van der Waals surface area contributed by atoms with Gasteiger partial charge >= 0.3 is 0 Å². The standard InChI is InChI=1S/C7H13NO2/c1-8-2-4-9-6-7-10-5-3-8/h6-7H,2-5H2,1H3/b7-6-. The third-order valence-electron chi connectivity index (χ3n) is 1.43. The molecule has 0 N–H and O–H groups in total. The quantitative estimate of drug-likeness (QED) is 0.491. The van der Waals surface area contributed by atoms with E-state index in [1.165, 1.54) is 0 Å². The molecule has 0 aromatic heterocycles. The Balaban J connectivity index is 2.24. The monoisotopic (exact) mass is 143 g/mol. The van der Waals surface area contributed by atoms with Gasteiger partial charge in [0.05, 0.1) is 0 Å². The zero-order chi connectivity index (χ0) is 7.23. The lowest BCUT2D eigenvalue weighted by Gasteiger charge is -2.13. The first-order valence-electron chi connectivity index (χ1n) is 3.46. The van der Waals surface area contributed by atoms with Crippen molar-refractivity contribution in [3.05, 3.63) is 12.5 Å². The maximum absolute atomic E-state index is 5.08. The van der Waals surface area contributed by atoms with Gasteiger partial charge in [-0.25, -0.2) is 0 Å². The SMILES string of the molecule is CN1CCO/C=C\OCC1. The third kappa shape index (κ3) is 2.73. The van der Waals surface area contributed by atoms with Gasteiger partial charge in [-0.15, -0.1) is 0 Å². The molecule has 1 heterocycles. The third-order valence-corrected chi connectivity index (χ3v) is 1.43. The summed E-state index contributed by atoms with van der Waals surface area (Å²) in [5.74, 6) is 0. The topological polar surface area (TPSA) is 21.7 Å². The van der Waals surface area contributed by atoms with E-state index in [-0.39, 0.29) is 0 Å². The van der Waals surface area contributed by atoms with Crippen LogP contribution in [0.5, 0.6) is 0 Å². The molecule has 0 saturated carbocycles. The van der Waals surface area contributed by atoms with E-state index in [0.29, 0.717) is 0 Å². The van der Waals surface area contributed by atoms with Gasteiger partial charge in [-0.3, -0.25) is 4.90 Å². The van der Waals surface area contributed by atoms with Gasteiger partial charge in [0.2, 0.25) is 0 Å².